The van der Waals surface area contributed by atoms with Gasteiger partial charge in [-0.25, -0.2) is 0 Å². The van der Waals surface area contributed by atoms with Crippen LogP contribution in [0.4, 0.5) is 5.69 Å². The summed E-state index contributed by atoms with van der Waals surface area (Å²) in [5.74, 6) is 1.34. The third-order valence-electron chi connectivity index (χ3n) is 4.35. The first-order valence-electron chi connectivity index (χ1n) is 8.12. The van der Waals surface area contributed by atoms with E-state index in [9.17, 15) is 4.79 Å². The molecule has 0 aliphatic carbocycles. The highest BCUT2D eigenvalue weighted by Gasteiger charge is 2.34. The minimum Gasteiger partial charge on any atom is -0.444 e. The number of rotatable bonds is 4. The normalized spacial score (nSPS) is 17.4. The summed E-state index contributed by atoms with van der Waals surface area (Å²) < 4.78 is 11.3. The van der Waals surface area contributed by atoms with Crippen molar-refractivity contribution in [1.82, 2.24) is 10.1 Å². The molecule has 128 valence electrons. The van der Waals surface area contributed by atoms with E-state index in [2.05, 4.69) is 45.1 Å². The average Bonchev–Trinajstić information content (AvgIpc) is 3.34. The molecular weight excluding hydrogens is 386 g/mol. The van der Waals surface area contributed by atoms with Gasteiger partial charge in [-0.2, -0.15) is 4.98 Å². The Bertz CT molecular complexity index is 918. The quantitative estimate of drug-likeness (QED) is 0.655. The zero-order valence-corrected chi connectivity index (χ0v) is 15.2. The van der Waals surface area contributed by atoms with Crippen LogP contribution in [-0.2, 0) is 11.2 Å². The standard InChI is InChI=1S/C18H16BrN3O3/c1-2-11-4-3-5-13(8-11)22-10-12(9-16(22)23)17-20-18(25-21-17)14-6-7-15(19)24-14/h3-8,12H,2,9-10H2,1H3. The number of benzene rings is 1. The summed E-state index contributed by atoms with van der Waals surface area (Å²) >= 11 is 3.25. The Labute approximate surface area is 152 Å². The van der Waals surface area contributed by atoms with Crippen LogP contribution in [0.2, 0.25) is 0 Å². The number of amides is 1. The molecule has 0 spiro atoms. The maximum atomic E-state index is 12.5. The van der Waals surface area contributed by atoms with E-state index >= 15 is 0 Å². The van der Waals surface area contributed by atoms with Gasteiger partial charge in [0.2, 0.25) is 5.91 Å². The van der Waals surface area contributed by atoms with Crippen LogP contribution in [0.3, 0.4) is 0 Å². The highest BCUT2D eigenvalue weighted by molar-refractivity contribution is 9.10. The predicted molar refractivity (Wildman–Crippen MR) is 95.2 cm³/mol. The fraction of sp³-hybridized carbons (Fsp3) is 0.278. The van der Waals surface area contributed by atoms with Gasteiger partial charge in [0, 0.05) is 24.6 Å². The van der Waals surface area contributed by atoms with E-state index in [1.807, 2.05) is 12.1 Å². The lowest BCUT2D eigenvalue weighted by Gasteiger charge is -2.17. The molecule has 25 heavy (non-hydrogen) atoms. The van der Waals surface area contributed by atoms with Gasteiger partial charge in [-0.1, -0.05) is 24.2 Å². The first-order chi connectivity index (χ1) is 12.1. The zero-order valence-electron chi connectivity index (χ0n) is 13.6. The van der Waals surface area contributed by atoms with Gasteiger partial charge < -0.3 is 13.8 Å². The van der Waals surface area contributed by atoms with Gasteiger partial charge in [-0.05, 0) is 52.2 Å². The zero-order chi connectivity index (χ0) is 17.4. The number of halogens is 1. The summed E-state index contributed by atoms with van der Waals surface area (Å²) in [5, 5.41) is 4.04. The molecule has 3 aromatic rings. The Balaban J connectivity index is 1.55. The SMILES string of the molecule is CCc1cccc(N2CC(c3noc(-c4ccc(Br)o4)n3)CC2=O)c1. The Morgan fingerprint density at radius 2 is 2.20 bits per heavy atom. The number of carbonyl (C=O) groups excluding carboxylic acids is 1. The molecular formula is C18H16BrN3O3. The maximum Gasteiger partial charge on any atom is 0.293 e. The van der Waals surface area contributed by atoms with E-state index in [0.29, 0.717) is 35.1 Å². The molecule has 1 aliphatic rings. The van der Waals surface area contributed by atoms with Crippen molar-refractivity contribution in [2.75, 3.05) is 11.4 Å². The lowest BCUT2D eigenvalue weighted by molar-refractivity contribution is -0.117. The van der Waals surface area contributed by atoms with Crippen molar-refractivity contribution < 1.29 is 13.7 Å². The second kappa shape index (κ2) is 6.48. The van der Waals surface area contributed by atoms with Crippen LogP contribution in [0.25, 0.3) is 11.7 Å². The largest absolute Gasteiger partial charge is 0.444 e. The molecule has 1 unspecified atom stereocenters. The molecule has 2 aromatic heterocycles. The Morgan fingerprint density at radius 3 is 2.96 bits per heavy atom. The smallest absolute Gasteiger partial charge is 0.293 e. The minimum atomic E-state index is -0.0892. The van der Waals surface area contributed by atoms with Crippen molar-refractivity contribution in [1.29, 1.82) is 0 Å². The van der Waals surface area contributed by atoms with Crippen LogP contribution in [-0.4, -0.2) is 22.6 Å². The van der Waals surface area contributed by atoms with E-state index in [4.69, 9.17) is 8.94 Å². The van der Waals surface area contributed by atoms with E-state index in [1.54, 1.807) is 17.0 Å². The van der Waals surface area contributed by atoms with E-state index in [1.165, 1.54) is 5.56 Å². The fourth-order valence-electron chi connectivity index (χ4n) is 3.00. The summed E-state index contributed by atoms with van der Waals surface area (Å²) in [6.45, 7) is 2.65. The van der Waals surface area contributed by atoms with Crippen molar-refractivity contribution in [3.8, 4) is 11.7 Å². The number of anilines is 1. The number of aromatic nitrogens is 2. The molecule has 1 aromatic carbocycles. The first kappa shape index (κ1) is 16.1. The molecule has 0 N–H and O–H groups in total. The number of aryl methyl sites for hydroxylation is 1. The highest BCUT2D eigenvalue weighted by atomic mass is 79.9. The molecule has 0 radical (unpaired) electrons. The molecule has 0 saturated carbocycles. The van der Waals surface area contributed by atoms with Crippen LogP contribution in [0, 0.1) is 0 Å². The summed E-state index contributed by atoms with van der Waals surface area (Å²) in [4.78, 5) is 18.6. The maximum absolute atomic E-state index is 12.5. The number of hydrogen-bond acceptors (Lipinski definition) is 5. The predicted octanol–water partition coefficient (Wildman–Crippen LogP) is 4.18. The Hall–Kier alpha value is -2.41. The number of hydrogen-bond donors (Lipinski definition) is 0. The van der Waals surface area contributed by atoms with Gasteiger partial charge in [0.05, 0.1) is 0 Å². The third kappa shape index (κ3) is 3.11. The van der Waals surface area contributed by atoms with Crippen LogP contribution in [0.15, 0.2) is 50.0 Å². The van der Waals surface area contributed by atoms with Crippen molar-refractivity contribution in [2.45, 2.75) is 25.7 Å². The topological polar surface area (TPSA) is 72.4 Å². The summed E-state index contributed by atoms with van der Waals surface area (Å²) in [6.07, 6.45) is 1.31. The van der Waals surface area contributed by atoms with Crippen molar-refractivity contribution in [2.24, 2.45) is 0 Å². The minimum absolute atomic E-state index is 0.0744. The third-order valence-corrected chi connectivity index (χ3v) is 4.77. The molecule has 6 nitrogen and oxygen atoms in total. The molecule has 7 heteroatoms. The molecule has 3 heterocycles. The van der Waals surface area contributed by atoms with Gasteiger partial charge >= 0.3 is 0 Å². The second-order valence-electron chi connectivity index (χ2n) is 5.99. The molecule has 1 fully saturated rings. The average molecular weight is 402 g/mol. The van der Waals surface area contributed by atoms with Crippen LogP contribution >= 0.6 is 15.9 Å². The second-order valence-corrected chi connectivity index (χ2v) is 6.77. The van der Waals surface area contributed by atoms with Crippen molar-refractivity contribution >= 4 is 27.5 Å². The van der Waals surface area contributed by atoms with Crippen LogP contribution in [0.1, 0.15) is 30.7 Å². The molecule has 1 amide bonds. The van der Waals surface area contributed by atoms with Gasteiger partial charge in [0.25, 0.3) is 5.89 Å². The van der Waals surface area contributed by atoms with Crippen LogP contribution in [0.5, 0.6) is 0 Å². The monoisotopic (exact) mass is 401 g/mol. The van der Waals surface area contributed by atoms with Gasteiger partial charge in [-0.3, -0.25) is 4.79 Å². The Kier molecular flexibility index (Phi) is 4.17. The van der Waals surface area contributed by atoms with Crippen molar-refractivity contribution in [3.05, 3.63) is 52.5 Å². The van der Waals surface area contributed by atoms with Gasteiger partial charge in [-0.15, -0.1) is 0 Å². The van der Waals surface area contributed by atoms with Gasteiger partial charge in [0.1, 0.15) is 0 Å². The molecule has 1 aliphatic heterocycles. The van der Waals surface area contributed by atoms with Crippen LogP contribution < -0.4 is 4.90 Å². The molecule has 1 saturated heterocycles. The lowest BCUT2D eigenvalue weighted by Crippen LogP contribution is -2.24. The van der Waals surface area contributed by atoms with E-state index in [-0.39, 0.29) is 11.8 Å². The highest BCUT2D eigenvalue weighted by Crippen LogP contribution is 2.32. The summed E-state index contributed by atoms with van der Waals surface area (Å²) in [7, 11) is 0. The first-order valence-corrected chi connectivity index (χ1v) is 8.92. The fourth-order valence-corrected chi connectivity index (χ4v) is 3.31. The molecule has 4 rings (SSSR count). The molecule has 1 atom stereocenters. The number of nitrogens with zero attached hydrogens (tertiary/aromatic N) is 3. The van der Waals surface area contributed by atoms with E-state index in [0.717, 1.165) is 12.1 Å². The molecule has 0 bridgehead atoms. The number of carbonyl (C=O) groups is 1. The Morgan fingerprint density at radius 1 is 1.32 bits per heavy atom. The summed E-state index contributed by atoms with van der Waals surface area (Å²) in [5.41, 5.74) is 2.13. The van der Waals surface area contributed by atoms with Crippen molar-refractivity contribution in [3.63, 3.8) is 0 Å². The number of furan rings is 1. The summed E-state index contributed by atoms with van der Waals surface area (Å²) in [6, 6.07) is 11.6. The van der Waals surface area contributed by atoms with E-state index < -0.39 is 0 Å². The lowest BCUT2D eigenvalue weighted by atomic mass is 10.1. The van der Waals surface area contributed by atoms with Gasteiger partial charge in [0.15, 0.2) is 16.3 Å².